The van der Waals surface area contributed by atoms with E-state index in [2.05, 4.69) is 57.9 Å². The zero-order valence-corrected chi connectivity index (χ0v) is 13.5. The predicted octanol–water partition coefficient (Wildman–Crippen LogP) is 1.49. The van der Waals surface area contributed by atoms with Gasteiger partial charge in [0.15, 0.2) is 0 Å². The highest BCUT2D eigenvalue weighted by Crippen LogP contribution is 2.26. The maximum Gasteiger partial charge on any atom is 0.243 e. The van der Waals surface area contributed by atoms with Gasteiger partial charge in [-0.3, -0.25) is 5.43 Å². The minimum atomic E-state index is 0.424. The SMILES string of the molecule is CCN(CC)c1nc(NN)nc(N2CCC(C)C(C)C2)n1. The second-order valence-corrected chi connectivity index (χ2v) is 5.76. The molecule has 2 rings (SSSR count). The first-order valence-electron chi connectivity index (χ1n) is 7.81. The molecule has 3 N–H and O–H groups in total. The molecule has 0 spiro atoms. The van der Waals surface area contributed by atoms with E-state index in [0.717, 1.165) is 38.0 Å². The third-order valence-electron chi connectivity index (χ3n) is 4.40. The summed E-state index contributed by atoms with van der Waals surface area (Å²) < 4.78 is 0. The minimum Gasteiger partial charge on any atom is -0.341 e. The number of nitrogens with one attached hydrogen (secondary N) is 1. The van der Waals surface area contributed by atoms with Crippen molar-refractivity contribution in [2.24, 2.45) is 17.7 Å². The third kappa shape index (κ3) is 3.53. The van der Waals surface area contributed by atoms with E-state index in [-0.39, 0.29) is 0 Å². The molecule has 21 heavy (non-hydrogen) atoms. The van der Waals surface area contributed by atoms with Crippen LogP contribution in [0, 0.1) is 11.8 Å². The average Bonchev–Trinajstić information content (AvgIpc) is 2.51. The lowest BCUT2D eigenvalue weighted by Crippen LogP contribution is -2.40. The van der Waals surface area contributed by atoms with E-state index in [1.807, 2.05) is 0 Å². The van der Waals surface area contributed by atoms with Gasteiger partial charge in [0.2, 0.25) is 17.8 Å². The Morgan fingerprint density at radius 2 is 1.90 bits per heavy atom. The summed E-state index contributed by atoms with van der Waals surface area (Å²) >= 11 is 0. The van der Waals surface area contributed by atoms with Gasteiger partial charge in [-0.15, -0.1) is 0 Å². The minimum absolute atomic E-state index is 0.424. The van der Waals surface area contributed by atoms with Gasteiger partial charge >= 0.3 is 0 Å². The summed E-state index contributed by atoms with van der Waals surface area (Å²) in [5.74, 6) is 8.73. The van der Waals surface area contributed by atoms with Crippen LogP contribution in [0.1, 0.15) is 34.1 Å². The second-order valence-electron chi connectivity index (χ2n) is 5.76. The number of hydrogen-bond acceptors (Lipinski definition) is 7. The highest BCUT2D eigenvalue weighted by molar-refractivity contribution is 5.45. The molecule has 0 saturated carbocycles. The molecule has 0 amide bonds. The van der Waals surface area contributed by atoms with Gasteiger partial charge in [0.25, 0.3) is 0 Å². The molecule has 2 atom stereocenters. The quantitative estimate of drug-likeness (QED) is 0.628. The fraction of sp³-hybridized carbons (Fsp3) is 0.786. The van der Waals surface area contributed by atoms with Crippen molar-refractivity contribution in [3.8, 4) is 0 Å². The Morgan fingerprint density at radius 3 is 2.48 bits per heavy atom. The van der Waals surface area contributed by atoms with E-state index in [4.69, 9.17) is 5.84 Å². The molecule has 118 valence electrons. The number of hydrogen-bond donors (Lipinski definition) is 2. The summed E-state index contributed by atoms with van der Waals surface area (Å²) in [6, 6.07) is 0. The Morgan fingerprint density at radius 1 is 1.19 bits per heavy atom. The lowest BCUT2D eigenvalue weighted by molar-refractivity contribution is 0.321. The van der Waals surface area contributed by atoms with Crippen LogP contribution in [0.4, 0.5) is 17.8 Å². The van der Waals surface area contributed by atoms with Crippen molar-refractivity contribution in [1.82, 2.24) is 15.0 Å². The molecule has 2 heterocycles. The van der Waals surface area contributed by atoms with Crippen molar-refractivity contribution in [2.75, 3.05) is 41.4 Å². The standard InChI is InChI=1S/C14H27N7/c1-5-20(6-2)13-16-12(19-15)17-14(18-13)21-8-7-10(3)11(4)9-21/h10-11H,5-9,15H2,1-4H3,(H,16,17,18,19). The molecule has 7 heteroatoms. The van der Waals surface area contributed by atoms with Crippen LogP contribution >= 0.6 is 0 Å². The summed E-state index contributed by atoms with van der Waals surface area (Å²) in [6.07, 6.45) is 1.17. The molecule has 2 unspecified atom stereocenters. The molecule has 0 aromatic carbocycles. The highest BCUT2D eigenvalue weighted by atomic mass is 15.4. The number of nitrogens with two attached hydrogens (primary N) is 1. The molecule has 1 aliphatic heterocycles. The molecule has 1 saturated heterocycles. The van der Waals surface area contributed by atoms with Crippen LogP contribution < -0.4 is 21.1 Å². The molecule has 0 bridgehead atoms. The van der Waals surface area contributed by atoms with Gasteiger partial charge in [0.05, 0.1) is 0 Å². The van der Waals surface area contributed by atoms with Gasteiger partial charge in [-0.05, 0) is 32.1 Å². The Bertz CT molecular complexity index is 461. The molecule has 1 fully saturated rings. The van der Waals surface area contributed by atoms with Crippen molar-refractivity contribution in [2.45, 2.75) is 34.1 Å². The van der Waals surface area contributed by atoms with E-state index < -0.39 is 0 Å². The van der Waals surface area contributed by atoms with Crippen LogP contribution in [0.3, 0.4) is 0 Å². The van der Waals surface area contributed by atoms with Crippen molar-refractivity contribution in [3.05, 3.63) is 0 Å². The Balaban J connectivity index is 2.28. The van der Waals surface area contributed by atoms with Gasteiger partial charge < -0.3 is 9.80 Å². The molecule has 0 aliphatic carbocycles. The number of nitrogen functional groups attached to an aromatic ring is 1. The number of hydrazine groups is 1. The lowest BCUT2D eigenvalue weighted by Gasteiger charge is -2.35. The summed E-state index contributed by atoms with van der Waals surface area (Å²) in [5.41, 5.74) is 2.55. The first-order valence-corrected chi connectivity index (χ1v) is 7.81. The summed E-state index contributed by atoms with van der Waals surface area (Å²) in [6.45, 7) is 12.5. The van der Waals surface area contributed by atoms with Crippen LogP contribution in [-0.2, 0) is 0 Å². The van der Waals surface area contributed by atoms with Gasteiger partial charge in [-0.2, -0.15) is 15.0 Å². The van der Waals surface area contributed by atoms with Crippen LogP contribution in [0.25, 0.3) is 0 Å². The first kappa shape index (κ1) is 15.8. The Hall–Kier alpha value is -1.63. The maximum atomic E-state index is 5.51. The second kappa shape index (κ2) is 6.89. The van der Waals surface area contributed by atoms with Gasteiger partial charge in [-0.25, -0.2) is 5.84 Å². The molecule has 1 aromatic rings. The zero-order valence-electron chi connectivity index (χ0n) is 13.5. The number of aromatic nitrogens is 3. The first-order chi connectivity index (χ1) is 10.1. The number of anilines is 3. The van der Waals surface area contributed by atoms with Crippen LogP contribution in [0.5, 0.6) is 0 Å². The van der Waals surface area contributed by atoms with Crippen LogP contribution in [-0.4, -0.2) is 41.1 Å². The molecular formula is C14H27N7. The topological polar surface area (TPSA) is 83.2 Å². The number of rotatable bonds is 5. The Labute approximate surface area is 126 Å². The van der Waals surface area contributed by atoms with E-state index in [1.165, 1.54) is 6.42 Å². The molecular weight excluding hydrogens is 266 g/mol. The van der Waals surface area contributed by atoms with Crippen molar-refractivity contribution < 1.29 is 0 Å². The molecule has 1 aliphatic rings. The maximum absolute atomic E-state index is 5.51. The van der Waals surface area contributed by atoms with E-state index >= 15 is 0 Å². The normalized spacial score (nSPS) is 22.2. The average molecular weight is 293 g/mol. The fourth-order valence-corrected chi connectivity index (χ4v) is 2.65. The summed E-state index contributed by atoms with van der Waals surface area (Å²) in [5, 5.41) is 0. The predicted molar refractivity (Wildman–Crippen MR) is 86.4 cm³/mol. The molecule has 1 aromatic heterocycles. The largest absolute Gasteiger partial charge is 0.341 e. The van der Waals surface area contributed by atoms with E-state index in [0.29, 0.717) is 17.8 Å². The van der Waals surface area contributed by atoms with Gasteiger partial charge in [-0.1, -0.05) is 13.8 Å². The van der Waals surface area contributed by atoms with Gasteiger partial charge in [0.1, 0.15) is 0 Å². The van der Waals surface area contributed by atoms with E-state index in [9.17, 15) is 0 Å². The molecule has 7 nitrogen and oxygen atoms in total. The number of piperidine rings is 1. The summed E-state index contributed by atoms with van der Waals surface area (Å²) in [7, 11) is 0. The molecule has 0 radical (unpaired) electrons. The van der Waals surface area contributed by atoms with Crippen molar-refractivity contribution >= 4 is 17.8 Å². The highest BCUT2D eigenvalue weighted by Gasteiger charge is 2.25. The zero-order chi connectivity index (χ0) is 15.4. The number of nitrogens with zero attached hydrogens (tertiary/aromatic N) is 5. The smallest absolute Gasteiger partial charge is 0.243 e. The van der Waals surface area contributed by atoms with E-state index in [1.54, 1.807) is 0 Å². The lowest BCUT2D eigenvalue weighted by atomic mass is 9.89. The van der Waals surface area contributed by atoms with Crippen LogP contribution in [0.15, 0.2) is 0 Å². The third-order valence-corrected chi connectivity index (χ3v) is 4.40. The summed E-state index contributed by atoms with van der Waals surface area (Å²) in [4.78, 5) is 17.8. The van der Waals surface area contributed by atoms with Crippen molar-refractivity contribution in [3.63, 3.8) is 0 Å². The Kier molecular flexibility index (Phi) is 5.17. The monoisotopic (exact) mass is 293 g/mol. The van der Waals surface area contributed by atoms with Crippen LogP contribution in [0.2, 0.25) is 0 Å². The fourth-order valence-electron chi connectivity index (χ4n) is 2.65. The van der Waals surface area contributed by atoms with Crippen molar-refractivity contribution in [1.29, 1.82) is 0 Å². The van der Waals surface area contributed by atoms with Gasteiger partial charge in [0, 0.05) is 26.2 Å².